The molecule has 1 heterocycles. The first-order valence-corrected chi connectivity index (χ1v) is 7.96. The lowest BCUT2D eigenvalue weighted by Crippen LogP contribution is -2.04. The number of halogens is 1. The van der Waals surface area contributed by atoms with E-state index in [0.29, 0.717) is 5.02 Å². The minimum atomic E-state index is -0.944. The molecule has 1 saturated carbocycles. The van der Waals surface area contributed by atoms with Crippen molar-refractivity contribution in [1.82, 2.24) is 3.97 Å². The molecule has 0 unspecified atom stereocenters. The predicted molar refractivity (Wildman–Crippen MR) is 88.4 cm³/mol. The van der Waals surface area contributed by atoms with Gasteiger partial charge < -0.3 is 5.11 Å². The van der Waals surface area contributed by atoms with Crippen molar-refractivity contribution < 1.29 is 9.90 Å². The number of hydrogen-bond donors (Lipinski definition) is 1. The summed E-state index contributed by atoms with van der Waals surface area (Å²) in [7, 11) is 0. The molecule has 3 nitrogen and oxygen atoms in total. The second-order valence-electron chi connectivity index (χ2n) is 5.56. The molecule has 0 saturated heterocycles. The fourth-order valence-corrected chi connectivity index (χ4v) is 4.24. The zero-order valence-corrected chi connectivity index (χ0v) is 13.3. The second kappa shape index (κ2) is 5.11. The Kier molecular flexibility index (Phi) is 3.54. The van der Waals surface area contributed by atoms with Crippen molar-refractivity contribution in [3.8, 4) is 0 Å². The van der Waals surface area contributed by atoms with Gasteiger partial charge in [-0.2, -0.15) is 0 Å². The Morgan fingerprint density at radius 3 is 2.86 bits per heavy atom. The van der Waals surface area contributed by atoms with E-state index in [-0.39, 0.29) is 10.3 Å². The van der Waals surface area contributed by atoms with Gasteiger partial charge in [0.1, 0.15) is 0 Å². The SMILES string of the molecule is C=CCC1(Sn2cc(C)c3c(C(=O)O)cc(Cl)cc32)CC1. The molecule has 1 fully saturated rings. The van der Waals surface area contributed by atoms with Crippen LogP contribution in [0.3, 0.4) is 0 Å². The zero-order valence-electron chi connectivity index (χ0n) is 11.7. The third-order valence-corrected chi connectivity index (χ3v) is 5.55. The van der Waals surface area contributed by atoms with E-state index in [1.807, 2.05) is 25.3 Å². The molecule has 1 aromatic heterocycles. The summed E-state index contributed by atoms with van der Waals surface area (Å²) in [5, 5.41) is 10.6. The van der Waals surface area contributed by atoms with Crippen LogP contribution in [0.2, 0.25) is 5.02 Å². The van der Waals surface area contributed by atoms with Crippen LogP contribution in [0.5, 0.6) is 0 Å². The summed E-state index contributed by atoms with van der Waals surface area (Å²) in [5.41, 5.74) is 2.10. The third-order valence-electron chi connectivity index (χ3n) is 3.87. The van der Waals surface area contributed by atoms with E-state index in [9.17, 15) is 9.90 Å². The molecular weight excluding hydrogens is 306 g/mol. The Bertz CT molecular complexity index is 746. The van der Waals surface area contributed by atoms with Gasteiger partial charge in [-0.1, -0.05) is 17.7 Å². The molecule has 1 N–H and O–H groups in total. The van der Waals surface area contributed by atoms with Crippen molar-refractivity contribution in [2.45, 2.75) is 30.9 Å². The lowest BCUT2D eigenvalue weighted by Gasteiger charge is -2.14. The van der Waals surface area contributed by atoms with Gasteiger partial charge in [-0.15, -0.1) is 6.58 Å². The summed E-state index contributed by atoms with van der Waals surface area (Å²) in [5.74, 6) is -0.944. The van der Waals surface area contributed by atoms with Crippen LogP contribution in [0.15, 0.2) is 31.0 Å². The van der Waals surface area contributed by atoms with E-state index in [1.165, 1.54) is 6.07 Å². The third kappa shape index (κ3) is 2.58. The number of fused-ring (bicyclic) bond motifs is 1. The van der Waals surface area contributed by atoms with Crippen molar-refractivity contribution in [3.05, 3.63) is 47.1 Å². The quantitative estimate of drug-likeness (QED) is 0.796. The maximum Gasteiger partial charge on any atom is 0.336 e. The highest BCUT2D eigenvalue weighted by Crippen LogP contribution is 2.53. The molecule has 1 aliphatic rings. The first-order valence-electron chi connectivity index (χ1n) is 6.81. The van der Waals surface area contributed by atoms with Gasteiger partial charge in [-0.05, 0) is 55.8 Å². The van der Waals surface area contributed by atoms with Gasteiger partial charge in [0.15, 0.2) is 0 Å². The highest BCUT2D eigenvalue weighted by atomic mass is 35.5. The Hall–Kier alpha value is -1.39. The molecule has 0 amide bonds. The number of nitrogens with zero attached hydrogens (tertiary/aromatic N) is 1. The molecule has 0 spiro atoms. The smallest absolute Gasteiger partial charge is 0.336 e. The predicted octanol–water partition coefficient (Wildman–Crippen LogP) is 4.91. The molecule has 1 aromatic carbocycles. The molecule has 0 bridgehead atoms. The van der Waals surface area contributed by atoms with Crippen molar-refractivity contribution in [1.29, 1.82) is 0 Å². The lowest BCUT2D eigenvalue weighted by atomic mass is 10.1. The molecule has 0 atom stereocenters. The lowest BCUT2D eigenvalue weighted by molar-refractivity contribution is 0.0699. The number of carboxylic acid groups (broad SMARTS) is 1. The molecule has 5 heteroatoms. The van der Waals surface area contributed by atoms with Crippen LogP contribution in [0.1, 0.15) is 35.2 Å². The maximum atomic E-state index is 11.4. The van der Waals surface area contributed by atoms with E-state index in [0.717, 1.165) is 35.7 Å². The molecule has 110 valence electrons. The number of aromatic carboxylic acids is 1. The van der Waals surface area contributed by atoms with E-state index in [4.69, 9.17) is 11.6 Å². The summed E-state index contributed by atoms with van der Waals surface area (Å²) < 4.78 is 2.28. The number of hydrogen-bond acceptors (Lipinski definition) is 2. The van der Waals surface area contributed by atoms with Crippen LogP contribution in [0.25, 0.3) is 10.9 Å². The molecular formula is C16H16ClNO2S. The number of rotatable bonds is 5. The zero-order chi connectivity index (χ0) is 15.2. The minimum absolute atomic E-state index is 0.214. The molecule has 0 aliphatic heterocycles. The minimum Gasteiger partial charge on any atom is -0.478 e. The van der Waals surface area contributed by atoms with Crippen molar-refractivity contribution >= 4 is 40.4 Å². The topological polar surface area (TPSA) is 42.2 Å². The number of carboxylic acids is 1. The summed E-state index contributed by atoms with van der Waals surface area (Å²) in [4.78, 5) is 11.4. The van der Waals surface area contributed by atoms with Crippen molar-refractivity contribution in [2.75, 3.05) is 0 Å². The van der Waals surface area contributed by atoms with Crippen molar-refractivity contribution in [2.24, 2.45) is 0 Å². The number of aryl methyl sites for hydroxylation is 1. The Labute approximate surface area is 132 Å². The van der Waals surface area contributed by atoms with E-state index >= 15 is 0 Å². The highest BCUT2D eigenvalue weighted by molar-refractivity contribution is 7.99. The Morgan fingerprint density at radius 1 is 1.57 bits per heavy atom. The van der Waals surface area contributed by atoms with Crippen LogP contribution in [-0.2, 0) is 0 Å². The van der Waals surface area contributed by atoms with Crippen LogP contribution < -0.4 is 0 Å². The number of aromatic nitrogens is 1. The van der Waals surface area contributed by atoms with Crippen molar-refractivity contribution in [3.63, 3.8) is 0 Å². The van der Waals surface area contributed by atoms with Crippen LogP contribution in [-0.4, -0.2) is 19.8 Å². The van der Waals surface area contributed by atoms with Gasteiger partial charge in [0, 0.05) is 21.4 Å². The Morgan fingerprint density at radius 2 is 2.29 bits per heavy atom. The second-order valence-corrected chi connectivity index (χ2v) is 7.44. The number of allylic oxidation sites excluding steroid dienone is 1. The van der Waals surface area contributed by atoms with Crippen LogP contribution >= 0.6 is 23.5 Å². The number of carbonyl (C=O) groups is 1. The summed E-state index contributed by atoms with van der Waals surface area (Å²) >= 11 is 7.85. The van der Waals surface area contributed by atoms with Gasteiger partial charge in [-0.3, -0.25) is 3.97 Å². The molecule has 2 aromatic rings. The summed E-state index contributed by atoms with van der Waals surface area (Å²) in [6.45, 7) is 5.76. The Balaban J connectivity index is 2.13. The molecule has 0 radical (unpaired) electrons. The number of benzene rings is 1. The van der Waals surface area contributed by atoms with E-state index in [2.05, 4.69) is 10.6 Å². The molecule has 1 aliphatic carbocycles. The maximum absolute atomic E-state index is 11.4. The average molecular weight is 322 g/mol. The first-order chi connectivity index (χ1) is 9.96. The normalized spacial score (nSPS) is 16.1. The van der Waals surface area contributed by atoms with Gasteiger partial charge in [-0.25, -0.2) is 4.79 Å². The molecule has 21 heavy (non-hydrogen) atoms. The highest BCUT2D eigenvalue weighted by Gasteiger charge is 2.43. The standard InChI is InChI=1S/C16H16ClNO2S/c1-3-4-16(5-6-16)21-18-9-10(2)14-12(15(19)20)7-11(17)8-13(14)18/h3,7-9H,1,4-6H2,2H3,(H,19,20). The van der Waals surface area contributed by atoms with Gasteiger partial charge in [0.25, 0.3) is 0 Å². The van der Waals surface area contributed by atoms with Gasteiger partial charge in [0.2, 0.25) is 0 Å². The van der Waals surface area contributed by atoms with E-state index < -0.39 is 5.97 Å². The first kappa shape index (κ1) is 14.5. The molecule has 3 rings (SSSR count). The monoisotopic (exact) mass is 321 g/mol. The average Bonchev–Trinajstić information content (AvgIpc) is 3.09. The largest absolute Gasteiger partial charge is 0.478 e. The van der Waals surface area contributed by atoms with Crippen LogP contribution in [0, 0.1) is 6.92 Å². The summed E-state index contributed by atoms with van der Waals surface area (Å²) in [6, 6.07) is 3.36. The summed E-state index contributed by atoms with van der Waals surface area (Å²) in [6.07, 6.45) is 7.24. The fraction of sp³-hybridized carbons (Fsp3) is 0.312. The fourth-order valence-electron chi connectivity index (χ4n) is 2.68. The van der Waals surface area contributed by atoms with Crippen LogP contribution in [0.4, 0.5) is 0 Å². The van der Waals surface area contributed by atoms with Gasteiger partial charge >= 0.3 is 5.97 Å². The van der Waals surface area contributed by atoms with E-state index in [1.54, 1.807) is 11.9 Å². The van der Waals surface area contributed by atoms with Gasteiger partial charge in [0.05, 0.1) is 11.1 Å².